The summed E-state index contributed by atoms with van der Waals surface area (Å²) in [4.78, 5) is 6.59. The monoisotopic (exact) mass is 274 g/mol. The van der Waals surface area contributed by atoms with Crippen LogP contribution < -0.4 is 14.4 Å². The number of hydrogen-bond donors (Lipinski definition) is 1. The second-order valence-electron chi connectivity index (χ2n) is 4.77. The number of aliphatic hydroxyl groups is 1. The Balaban J connectivity index is 2.10. The van der Waals surface area contributed by atoms with E-state index in [1.54, 1.807) is 6.20 Å². The molecule has 0 radical (unpaired) electrons. The molecule has 106 valence electrons. The first-order valence-corrected chi connectivity index (χ1v) is 6.87. The number of hydrogen-bond acceptors (Lipinski definition) is 5. The number of ether oxygens (including phenoxy) is 2. The van der Waals surface area contributed by atoms with Crippen LogP contribution in [0.1, 0.15) is 13.3 Å². The van der Waals surface area contributed by atoms with Crippen LogP contribution in [0, 0.1) is 0 Å². The largest absolute Gasteiger partial charge is 0.454 e. The standard InChI is InChI=1S/C15H18N2O3/c1-2-5-17(6-7-18)15-12-9-14-13(19-10-20-14)8-11(12)3-4-16-15/h3-4,8-9,18H,2,5-7,10H2,1H3. The number of aromatic nitrogens is 1. The number of aliphatic hydroxyl groups excluding tert-OH is 1. The first-order valence-electron chi connectivity index (χ1n) is 6.87. The third-order valence-electron chi connectivity index (χ3n) is 3.40. The molecule has 0 spiro atoms. The van der Waals surface area contributed by atoms with E-state index in [2.05, 4.69) is 16.8 Å². The van der Waals surface area contributed by atoms with Crippen molar-refractivity contribution in [2.24, 2.45) is 0 Å². The highest BCUT2D eigenvalue weighted by Gasteiger charge is 2.17. The van der Waals surface area contributed by atoms with Crippen LogP contribution in [0.2, 0.25) is 0 Å². The number of benzene rings is 1. The van der Waals surface area contributed by atoms with Gasteiger partial charge >= 0.3 is 0 Å². The lowest BCUT2D eigenvalue weighted by molar-refractivity contribution is 0.174. The Morgan fingerprint density at radius 1 is 1.25 bits per heavy atom. The van der Waals surface area contributed by atoms with Crippen LogP contribution in [0.3, 0.4) is 0 Å². The molecule has 20 heavy (non-hydrogen) atoms. The molecule has 5 heteroatoms. The maximum absolute atomic E-state index is 9.24. The Morgan fingerprint density at radius 3 is 2.80 bits per heavy atom. The van der Waals surface area contributed by atoms with Gasteiger partial charge in [0, 0.05) is 24.7 Å². The van der Waals surface area contributed by atoms with Gasteiger partial charge in [-0.15, -0.1) is 0 Å². The van der Waals surface area contributed by atoms with Crippen LogP contribution in [-0.4, -0.2) is 36.6 Å². The van der Waals surface area contributed by atoms with E-state index in [-0.39, 0.29) is 13.4 Å². The Kier molecular flexibility index (Phi) is 3.60. The van der Waals surface area contributed by atoms with Crippen LogP contribution in [0.25, 0.3) is 10.8 Å². The van der Waals surface area contributed by atoms with Crippen molar-refractivity contribution in [2.75, 3.05) is 31.4 Å². The van der Waals surface area contributed by atoms with Crippen molar-refractivity contribution < 1.29 is 14.6 Å². The zero-order valence-corrected chi connectivity index (χ0v) is 11.5. The number of pyridine rings is 1. The molecule has 2 heterocycles. The van der Waals surface area contributed by atoms with Gasteiger partial charge in [0.25, 0.3) is 0 Å². The summed E-state index contributed by atoms with van der Waals surface area (Å²) >= 11 is 0. The summed E-state index contributed by atoms with van der Waals surface area (Å²) in [6, 6.07) is 5.91. The fourth-order valence-corrected chi connectivity index (χ4v) is 2.51. The topological polar surface area (TPSA) is 54.8 Å². The lowest BCUT2D eigenvalue weighted by Gasteiger charge is -2.23. The molecule has 0 amide bonds. The molecule has 1 aliphatic rings. The van der Waals surface area contributed by atoms with Gasteiger partial charge < -0.3 is 19.5 Å². The van der Waals surface area contributed by atoms with Crippen molar-refractivity contribution >= 4 is 16.6 Å². The van der Waals surface area contributed by atoms with Crippen molar-refractivity contribution in [3.63, 3.8) is 0 Å². The zero-order chi connectivity index (χ0) is 13.9. The van der Waals surface area contributed by atoms with E-state index in [4.69, 9.17) is 9.47 Å². The van der Waals surface area contributed by atoms with Gasteiger partial charge in [0.05, 0.1) is 6.61 Å². The molecular weight excluding hydrogens is 256 g/mol. The molecule has 0 saturated heterocycles. The van der Waals surface area contributed by atoms with Gasteiger partial charge in [-0.3, -0.25) is 0 Å². The minimum Gasteiger partial charge on any atom is -0.454 e. The van der Waals surface area contributed by atoms with Crippen LogP contribution >= 0.6 is 0 Å². The third-order valence-corrected chi connectivity index (χ3v) is 3.40. The summed E-state index contributed by atoms with van der Waals surface area (Å²) < 4.78 is 10.8. The van der Waals surface area contributed by atoms with Crippen molar-refractivity contribution in [1.82, 2.24) is 4.98 Å². The average Bonchev–Trinajstić information content (AvgIpc) is 2.91. The van der Waals surface area contributed by atoms with Crippen LogP contribution in [-0.2, 0) is 0 Å². The highest BCUT2D eigenvalue weighted by atomic mass is 16.7. The summed E-state index contributed by atoms with van der Waals surface area (Å²) in [6.07, 6.45) is 2.79. The van der Waals surface area contributed by atoms with Crippen molar-refractivity contribution in [1.29, 1.82) is 0 Å². The lowest BCUT2D eigenvalue weighted by atomic mass is 10.1. The normalized spacial score (nSPS) is 12.9. The maximum Gasteiger partial charge on any atom is 0.231 e. The number of fused-ring (bicyclic) bond motifs is 2. The average molecular weight is 274 g/mol. The second kappa shape index (κ2) is 5.54. The van der Waals surface area contributed by atoms with Crippen molar-refractivity contribution in [2.45, 2.75) is 13.3 Å². The predicted octanol–water partition coefficient (Wildman–Crippen LogP) is 2.17. The van der Waals surface area contributed by atoms with Crippen LogP contribution in [0.4, 0.5) is 5.82 Å². The lowest BCUT2D eigenvalue weighted by Crippen LogP contribution is -2.28. The Hall–Kier alpha value is -2.01. The van der Waals surface area contributed by atoms with Crippen molar-refractivity contribution in [3.8, 4) is 11.5 Å². The molecule has 5 nitrogen and oxygen atoms in total. The molecule has 1 aromatic carbocycles. The quantitative estimate of drug-likeness (QED) is 0.905. The highest BCUT2D eigenvalue weighted by molar-refractivity contribution is 5.94. The van der Waals surface area contributed by atoms with Gasteiger partial charge in [0.15, 0.2) is 11.5 Å². The SMILES string of the molecule is CCCN(CCO)c1nccc2cc3c(cc12)OCO3. The Labute approximate surface area is 117 Å². The molecule has 0 aliphatic carbocycles. The minimum absolute atomic E-state index is 0.114. The van der Waals surface area contributed by atoms with Gasteiger partial charge in [-0.25, -0.2) is 4.98 Å². The molecule has 1 aliphatic heterocycles. The van der Waals surface area contributed by atoms with Crippen LogP contribution in [0.5, 0.6) is 11.5 Å². The van der Waals surface area contributed by atoms with Gasteiger partial charge in [-0.05, 0) is 30.0 Å². The van der Waals surface area contributed by atoms with E-state index in [0.29, 0.717) is 6.54 Å². The molecule has 2 aromatic rings. The first kappa shape index (κ1) is 13.0. The predicted molar refractivity (Wildman–Crippen MR) is 77.5 cm³/mol. The molecule has 3 rings (SSSR count). The van der Waals surface area contributed by atoms with E-state index >= 15 is 0 Å². The molecule has 0 saturated carbocycles. The molecule has 1 N–H and O–H groups in total. The van der Waals surface area contributed by atoms with E-state index in [0.717, 1.165) is 41.1 Å². The van der Waals surface area contributed by atoms with Gasteiger partial charge in [-0.2, -0.15) is 0 Å². The minimum atomic E-state index is 0.114. The van der Waals surface area contributed by atoms with Crippen molar-refractivity contribution in [3.05, 3.63) is 24.4 Å². The summed E-state index contributed by atoms with van der Waals surface area (Å²) in [5.74, 6) is 2.42. The van der Waals surface area contributed by atoms with E-state index < -0.39 is 0 Å². The Bertz CT molecular complexity index is 609. The summed E-state index contributed by atoms with van der Waals surface area (Å²) in [5, 5.41) is 11.3. The number of anilines is 1. The molecule has 1 aromatic heterocycles. The molecule has 0 bridgehead atoms. The fourth-order valence-electron chi connectivity index (χ4n) is 2.51. The van der Waals surface area contributed by atoms with Gasteiger partial charge in [0.1, 0.15) is 5.82 Å². The molecular formula is C15H18N2O3. The zero-order valence-electron chi connectivity index (χ0n) is 11.5. The first-order chi connectivity index (χ1) is 9.83. The number of rotatable bonds is 5. The molecule has 0 fully saturated rings. The van der Waals surface area contributed by atoms with Gasteiger partial charge in [0.2, 0.25) is 6.79 Å². The maximum atomic E-state index is 9.24. The second-order valence-corrected chi connectivity index (χ2v) is 4.77. The molecule has 0 atom stereocenters. The summed E-state index contributed by atoms with van der Waals surface area (Å²) in [5.41, 5.74) is 0. The summed E-state index contributed by atoms with van der Waals surface area (Å²) in [7, 11) is 0. The summed E-state index contributed by atoms with van der Waals surface area (Å²) in [6.45, 7) is 3.94. The number of nitrogens with zero attached hydrogens (tertiary/aromatic N) is 2. The van der Waals surface area contributed by atoms with Gasteiger partial charge in [-0.1, -0.05) is 6.92 Å². The van der Waals surface area contributed by atoms with Crippen LogP contribution in [0.15, 0.2) is 24.4 Å². The highest BCUT2D eigenvalue weighted by Crippen LogP contribution is 2.38. The van der Waals surface area contributed by atoms with E-state index in [1.807, 2.05) is 18.2 Å². The Morgan fingerprint density at radius 2 is 2.05 bits per heavy atom. The molecule has 0 unspecified atom stereocenters. The fraction of sp³-hybridized carbons (Fsp3) is 0.400. The third kappa shape index (κ3) is 2.25. The van der Waals surface area contributed by atoms with E-state index in [1.165, 1.54) is 0 Å². The smallest absolute Gasteiger partial charge is 0.231 e. The van der Waals surface area contributed by atoms with E-state index in [9.17, 15) is 5.11 Å².